The Balaban J connectivity index is 1.14. The Labute approximate surface area is 252 Å². The molecule has 8 rings (SSSR count). The molecule has 0 spiro atoms. The van der Waals surface area contributed by atoms with E-state index in [9.17, 15) is 9.18 Å². The highest BCUT2D eigenvalue weighted by Crippen LogP contribution is 2.42. The Bertz CT molecular complexity index is 1650. The van der Waals surface area contributed by atoms with Gasteiger partial charge in [0.25, 0.3) is 0 Å². The minimum Gasteiger partial charge on any atom is -0.382 e. The van der Waals surface area contributed by atoms with E-state index in [0.29, 0.717) is 12.0 Å². The third-order valence-electron chi connectivity index (χ3n) is 9.87. The zero-order valence-electron chi connectivity index (χ0n) is 24.6. The van der Waals surface area contributed by atoms with Crippen molar-refractivity contribution < 1.29 is 9.18 Å². The van der Waals surface area contributed by atoms with Crippen LogP contribution < -0.4 is 20.4 Å². The standard InChI is InChI=1S/C35H39FN6O/c36-24-6-11-27(12-7-24)40-16-18-41(19-17-40)28-13-15-32-31(22-28)38-34-29-21-26(37-25-8-9-25)10-14-30(29)39-35(43)33(42(32)34)20-23-4-2-1-3-5-23/h6-7,10-15,21-23,25,33,37H,1-5,8-9,16-20H2,(H,39,43). The van der Waals surface area contributed by atoms with Crippen LogP contribution in [0.15, 0.2) is 60.7 Å². The highest BCUT2D eigenvalue weighted by atomic mass is 19.1. The van der Waals surface area contributed by atoms with Gasteiger partial charge in [0.05, 0.1) is 16.7 Å². The number of anilines is 4. The third-order valence-corrected chi connectivity index (χ3v) is 9.87. The van der Waals surface area contributed by atoms with Gasteiger partial charge in [0.2, 0.25) is 5.91 Å². The van der Waals surface area contributed by atoms with Crippen LogP contribution in [0.3, 0.4) is 0 Å². The van der Waals surface area contributed by atoms with Crippen LogP contribution in [0.5, 0.6) is 0 Å². The predicted molar refractivity (Wildman–Crippen MR) is 171 cm³/mol. The molecule has 4 aliphatic rings. The normalized spacial score (nSPS) is 20.9. The first-order valence-corrected chi connectivity index (χ1v) is 16.1. The summed E-state index contributed by atoms with van der Waals surface area (Å²) in [5, 5.41) is 6.91. The van der Waals surface area contributed by atoms with E-state index in [1.165, 1.54) is 57.1 Å². The van der Waals surface area contributed by atoms with E-state index in [2.05, 4.69) is 55.3 Å². The number of hydrogen-bond donors (Lipinski definition) is 2. The minimum absolute atomic E-state index is 0.0637. The average Bonchev–Trinajstić information content (AvgIpc) is 3.79. The highest BCUT2D eigenvalue weighted by molar-refractivity contribution is 6.02. The van der Waals surface area contributed by atoms with Crippen LogP contribution in [-0.2, 0) is 4.79 Å². The van der Waals surface area contributed by atoms with E-state index >= 15 is 0 Å². The molecular weight excluding hydrogens is 539 g/mol. The van der Waals surface area contributed by atoms with Gasteiger partial charge in [-0.05, 0) is 85.8 Å². The van der Waals surface area contributed by atoms with Crippen molar-refractivity contribution >= 4 is 39.7 Å². The highest BCUT2D eigenvalue weighted by Gasteiger charge is 2.34. The fourth-order valence-electron chi connectivity index (χ4n) is 7.34. The number of nitrogens with zero attached hydrogens (tertiary/aromatic N) is 4. The maximum absolute atomic E-state index is 13.9. The Kier molecular flexibility index (Phi) is 6.72. The number of amides is 1. The molecule has 1 saturated heterocycles. The summed E-state index contributed by atoms with van der Waals surface area (Å²) < 4.78 is 15.7. The van der Waals surface area contributed by atoms with Crippen molar-refractivity contribution in [2.75, 3.05) is 46.6 Å². The van der Waals surface area contributed by atoms with Crippen molar-refractivity contribution in [1.82, 2.24) is 9.55 Å². The van der Waals surface area contributed by atoms with Gasteiger partial charge in [-0.15, -0.1) is 0 Å². The molecule has 7 nitrogen and oxygen atoms in total. The molecule has 3 aromatic carbocycles. The number of benzene rings is 3. The molecule has 2 aliphatic heterocycles. The Morgan fingerprint density at radius 2 is 1.56 bits per heavy atom. The van der Waals surface area contributed by atoms with E-state index in [4.69, 9.17) is 4.98 Å². The van der Waals surface area contributed by atoms with Gasteiger partial charge in [-0.3, -0.25) is 4.79 Å². The molecule has 3 fully saturated rings. The predicted octanol–water partition coefficient (Wildman–Crippen LogP) is 7.21. The smallest absolute Gasteiger partial charge is 0.247 e. The first-order chi connectivity index (χ1) is 21.1. The van der Waals surface area contributed by atoms with Crippen molar-refractivity contribution in [2.45, 2.75) is 63.5 Å². The van der Waals surface area contributed by atoms with Crippen molar-refractivity contribution in [2.24, 2.45) is 5.92 Å². The van der Waals surface area contributed by atoms with E-state index < -0.39 is 0 Å². The lowest BCUT2D eigenvalue weighted by atomic mass is 9.84. The van der Waals surface area contributed by atoms with Crippen molar-refractivity contribution in [3.8, 4) is 11.4 Å². The van der Waals surface area contributed by atoms with Crippen molar-refractivity contribution in [3.05, 3.63) is 66.5 Å². The number of hydrogen-bond acceptors (Lipinski definition) is 5. The second kappa shape index (κ2) is 10.9. The van der Waals surface area contributed by atoms with Crippen LogP contribution in [-0.4, -0.2) is 47.7 Å². The monoisotopic (exact) mass is 578 g/mol. The van der Waals surface area contributed by atoms with E-state index in [0.717, 1.165) is 77.8 Å². The summed E-state index contributed by atoms with van der Waals surface area (Å²) >= 11 is 0. The molecule has 2 aliphatic carbocycles. The van der Waals surface area contributed by atoms with Gasteiger partial charge in [0.15, 0.2) is 0 Å². The van der Waals surface area contributed by atoms with Gasteiger partial charge >= 0.3 is 0 Å². The lowest BCUT2D eigenvalue weighted by Crippen LogP contribution is -2.46. The molecule has 8 heteroatoms. The second-order valence-electron chi connectivity index (χ2n) is 12.9. The number of carbonyl (C=O) groups excluding carboxylic acids is 1. The molecule has 0 bridgehead atoms. The summed E-state index contributed by atoms with van der Waals surface area (Å²) in [6.45, 7) is 3.50. The van der Waals surface area contributed by atoms with Crippen LogP contribution in [0.1, 0.15) is 57.4 Å². The van der Waals surface area contributed by atoms with Gasteiger partial charge < -0.3 is 25.0 Å². The Morgan fingerprint density at radius 1 is 0.837 bits per heavy atom. The number of rotatable bonds is 6. The molecule has 43 heavy (non-hydrogen) atoms. The topological polar surface area (TPSA) is 65.4 Å². The number of aromatic nitrogens is 2. The molecule has 2 saturated carbocycles. The van der Waals surface area contributed by atoms with Gasteiger partial charge in [0.1, 0.15) is 17.7 Å². The molecule has 1 atom stereocenters. The number of carbonyl (C=O) groups is 1. The van der Waals surface area contributed by atoms with Crippen molar-refractivity contribution in [1.29, 1.82) is 0 Å². The number of fused-ring (bicyclic) bond motifs is 5. The maximum Gasteiger partial charge on any atom is 0.247 e. The van der Waals surface area contributed by atoms with Crippen LogP contribution in [0.2, 0.25) is 0 Å². The number of piperazine rings is 1. The first-order valence-electron chi connectivity index (χ1n) is 16.1. The van der Waals surface area contributed by atoms with Crippen LogP contribution >= 0.6 is 0 Å². The minimum atomic E-state index is -0.291. The first kappa shape index (κ1) is 26.5. The Hall–Kier alpha value is -4.07. The van der Waals surface area contributed by atoms with E-state index in [1.807, 2.05) is 18.2 Å². The largest absolute Gasteiger partial charge is 0.382 e. The van der Waals surface area contributed by atoms with Gasteiger partial charge in [-0.2, -0.15) is 0 Å². The summed E-state index contributed by atoms with van der Waals surface area (Å²) in [4.78, 5) is 23.9. The number of nitrogens with one attached hydrogen (secondary N) is 2. The number of halogens is 1. The quantitative estimate of drug-likeness (QED) is 0.253. The molecule has 2 N–H and O–H groups in total. The van der Waals surface area contributed by atoms with Gasteiger partial charge in [0, 0.05) is 54.8 Å². The average molecular weight is 579 g/mol. The molecule has 222 valence electrons. The fourth-order valence-corrected chi connectivity index (χ4v) is 7.34. The van der Waals surface area contributed by atoms with Gasteiger partial charge in [-0.1, -0.05) is 32.1 Å². The van der Waals surface area contributed by atoms with Crippen molar-refractivity contribution in [3.63, 3.8) is 0 Å². The lowest BCUT2D eigenvalue weighted by molar-refractivity contribution is -0.119. The SMILES string of the molecule is O=C1Nc2ccc(NC3CC3)cc2-c2nc3cc(N4CCN(c5ccc(F)cc5)CC4)ccc3n2C1CC1CCCCC1. The number of imidazole rings is 1. The fraction of sp³-hybridized carbons (Fsp3) is 0.429. The third kappa shape index (κ3) is 5.21. The van der Waals surface area contributed by atoms with Crippen LogP contribution in [0, 0.1) is 11.7 Å². The summed E-state index contributed by atoms with van der Waals surface area (Å²) in [6.07, 6.45) is 9.46. The Morgan fingerprint density at radius 3 is 2.30 bits per heavy atom. The zero-order valence-corrected chi connectivity index (χ0v) is 24.6. The molecule has 1 amide bonds. The summed E-state index contributed by atoms with van der Waals surface area (Å²) in [5.74, 6) is 1.29. The van der Waals surface area contributed by atoms with Crippen LogP contribution in [0.25, 0.3) is 22.4 Å². The molecule has 0 radical (unpaired) electrons. The summed E-state index contributed by atoms with van der Waals surface area (Å²) in [5.41, 5.74) is 7.07. The van der Waals surface area contributed by atoms with E-state index in [-0.39, 0.29) is 17.8 Å². The summed E-state index contributed by atoms with van der Waals surface area (Å²) in [7, 11) is 0. The molecular formula is C35H39FN6O. The zero-order chi connectivity index (χ0) is 28.9. The molecule has 4 aromatic rings. The van der Waals surface area contributed by atoms with E-state index in [1.54, 1.807) is 0 Å². The second-order valence-corrected chi connectivity index (χ2v) is 12.9. The molecule has 3 heterocycles. The lowest BCUT2D eigenvalue weighted by Gasteiger charge is -2.37. The maximum atomic E-state index is 13.9. The van der Waals surface area contributed by atoms with Gasteiger partial charge in [-0.25, -0.2) is 9.37 Å². The molecule has 1 unspecified atom stereocenters. The van der Waals surface area contributed by atoms with Crippen LogP contribution in [0.4, 0.5) is 27.1 Å². The summed E-state index contributed by atoms with van der Waals surface area (Å²) in [6, 6.07) is 19.9. The molecule has 1 aromatic heterocycles.